The molecule has 0 aliphatic rings. The van der Waals surface area contributed by atoms with Crippen molar-refractivity contribution in [2.75, 3.05) is 11.1 Å². The van der Waals surface area contributed by atoms with Gasteiger partial charge in [0.25, 0.3) is 5.89 Å². The van der Waals surface area contributed by atoms with E-state index in [-0.39, 0.29) is 11.4 Å². The number of nitrogens with zero attached hydrogens (tertiary/aromatic N) is 3. The molecule has 30 heavy (non-hydrogen) atoms. The summed E-state index contributed by atoms with van der Waals surface area (Å²) in [6.45, 7) is 0. The highest BCUT2D eigenvalue weighted by atomic mass is 32.2. The van der Waals surface area contributed by atoms with Gasteiger partial charge in [-0.3, -0.25) is 4.79 Å². The molecule has 150 valence electrons. The zero-order chi connectivity index (χ0) is 20.9. The maximum Gasteiger partial charge on any atom is 0.259 e. The van der Waals surface area contributed by atoms with Gasteiger partial charge in [0.1, 0.15) is 11.6 Å². The van der Waals surface area contributed by atoms with Gasteiger partial charge in [-0.2, -0.15) is 4.98 Å². The fourth-order valence-corrected chi connectivity index (χ4v) is 3.20. The van der Waals surface area contributed by atoms with Crippen LogP contribution in [0.4, 0.5) is 14.5 Å². The summed E-state index contributed by atoms with van der Waals surface area (Å²) in [6, 6.07) is 15.9. The van der Waals surface area contributed by atoms with Gasteiger partial charge in [-0.05, 0) is 24.3 Å². The number of thioether (sulfide) groups is 1. The molecule has 0 fully saturated rings. The van der Waals surface area contributed by atoms with E-state index in [2.05, 4.69) is 20.4 Å². The van der Waals surface area contributed by atoms with Gasteiger partial charge in [0.15, 0.2) is 0 Å². The number of rotatable bonds is 6. The molecular weight excluding hydrogens is 410 g/mol. The molecule has 0 bridgehead atoms. The van der Waals surface area contributed by atoms with E-state index < -0.39 is 17.5 Å². The largest absolute Gasteiger partial charge is 0.334 e. The molecule has 6 nitrogen and oxygen atoms in total. The molecule has 0 spiro atoms. The number of hydrogen-bond donors (Lipinski definition) is 1. The third kappa shape index (κ3) is 4.69. The van der Waals surface area contributed by atoms with Gasteiger partial charge in [0, 0.05) is 17.8 Å². The smallest absolute Gasteiger partial charge is 0.259 e. The average Bonchev–Trinajstić information content (AvgIpc) is 3.26. The van der Waals surface area contributed by atoms with Crippen LogP contribution in [0.2, 0.25) is 0 Å². The van der Waals surface area contributed by atoms with Crippen molar-refractivity contribution in [3.8, 4) is 22.8 Å². The van der Waals surface area contributed by atoms with E-state index in [0.717, 1.165) is 11.6 Å². The summed E-state index contributed by atoms with van der Waals surface area (Å²) in [6.07, 6.45) is 1.57. The van der Waals surface area contributed by atoms with Gasteiger partial charge >= 0.3 is 0 Å². The van der Waals surface area contributed by atoms with Crippen molar-refractivity contribution < 1.29 is 18.1 Å². The lowest BCUT2D eigenvalue weighted by Gasteiger charge is -2.06. The average molecular weight is 424 g/mol. The van der Waals surface area contributed by atoms with E-state index in [1.165, 1.54) is 17.8 Å². The third-order valence-electron chi connectivity index (χ3n) is 4.00. The van der Waals surface area contributed by atoms with E-state index in [9.17, 15) is 13.6 Å². The van der Waals surface area contributed by atoms with Crippen LogP contribution in [0.5, 0.6) is 0 Å². The lowest BCUT2D eigenvalue weighted by Crippen LogP contribution is -2.15. The minimum absolute atomic E-state index is 0.0157. The second kappa shape index (κ2) is 8.83. The Bertz CT molecular complexity index is 1170. The van der Waals surface area contributed by atoms with Gasteiger partial charge in [0.05, 0.1) is 22.0 Å². The topological polar surface area (TPSA) is 80.9 Å². The Morgan fingerprint density at radius 1 is 1.03 bits per heavy atom. The zero-order valence-electron chi connectivity index (χ0n) is 15.4. The van der Waals surface area contributed by atoms with E-state index in [1.807, 2.05) is 30.3 Å². The Morgan fingerprint density at radius 2 is 1.87 bits per heavy atom. The number of carbonyl (C=O) groups is 1. The fraction of sp³-hybridized carbons (Fsp3) is 0.0476. The first-order chi connectivity index (χ1) is 14.6. The van der Waals surface area contributed by atoms with Gasteiger partial charge in [0.2, 0.25) is 11.7 Å². The van der Waals surface area contributed by atoms with E-state index in [1.54, 1.807) is 18.3 Å². The van der Waals surface area contributed by atoms with E-state index in [0.29, 0.717) is 28.4 Å². The van der Waals surface area contributed by atoms with E-state index >= 15 is 0 Å². The maximum atomic E-state index is 13.6. The summed E-state index contributed by atoms with van der Waals surface area (Å²) in [4.78, 5) is 20.6. The molecule has 2 aromatic heterocycles. The van der Waals surface area contributed by atoms with Crippen LogP contribution in [0.3, 0.4) is 0 Å². The van der Waals surface area contributed by atoms with Crippen molar-refractivity contribution in [2.45, 2.75) is 5.03 Å². The molecule has 4 aromatic rings. The van der Waals surface area contributed by atoms with Crippen LogP contribution in [0.1, 0.15) is 0 Å². The lowest BCUT2D eigenvalue weighted by atomic mass is 10.2. The highest BCUT2D eigenvalue weighted by Gasteiger charge is 2.12. The highest BCUT2D eigenvalue weighted by Crippen LogP contribution is 2.24. The molecule has 2 aromatic carbocycles. The van der Waals surface area contributed by atoms with Crippen LogP contribution in [-0.2, 0) is 4.79 Å². The predicted molar refractivity (Wildman–Crippen MR) is 109 cm³/mol. The van der Waals surface area contributed by atoms with E-state index in [4.69, 9.17) is 4.52 Å². The fourth-order valence-electron chi connectivity index (χ4n) is 2.55. The number of hydrogen-bond acceptors (Lipinski definition) is 6. The Morgan fingerprint density at radius 3 is 2.60 bits per heavy atom. The molecule has 0 atom stereocenters. The number of anilines is 1. The van der Waals surface area contributed by atoms with Gasteiger partial charge < -0.3 is 9.84 Å². The standard InChI is InChI=1S/C21H14F2N4O2S/c22-15-7-8-17(16(23)10-15)25-18(28)12-30-19-9-6-14(11-24-19)21-26-20(27-29-21)13-4-2-1-3-5-13/h1-11H,12H2,(H,25,28). The number of halogens is 2. The molecule has 0 unspecified atom stereocenters. The van der Waals surface area contributed by atoms with Crippen molar-refractivity contribution in [2.24, 2.45) is 0 Å². The van der Waals surface area contributed by atoms with Crippen molar-refractivity contribution in [3.63, 3.8) is 0 Å². The summed E-state index contributed by atoms with van der Waals surface area (Å²) in [5.41, 5.74) is 1.42. The third-order valence-corrected chi connectivity index (χ3v) is 4.94. The minimum atomic E-state index is -0.828. The second-order valence-corrected chi connectivity index (χ2v) is 7.13. The number of amides is 1. The Balaban J connectivity index is 1.36. The number of nitrogens with one attached hydrogen (secondary N) is 1. The van der Waals surface area contributed by atoms with Gasteiger partial charge in [-0.1, -0.05) is 47.3 Å². The molecule has 0 aliphatic carbocycles. The SMILES string of the molecule is O=C(CSc1ccc(-c2nc(-c3ccccc3)no2)cn1)Nc1ccc(F)cc1F. The normalized spacial score (nSPS) is 10.7. The Hall–Kier alpha value is -3.59. The number of benzene rings is 2. The summed E-state index contributed by atoms with van der Waals surface area (Å²) in [5.74, 6) is -1.13. The van der Waals surface area contributed by atoms with Gasteiger partial charge in [-0.15, -0.1) is 0 Å². The number of pyridine rings is 1. The van der Waals surface area contributed by atoms with Crippen LogP contribution in [0.25, 0.3) is 22.8 Å². The van der Waals surface area contributed by atoms with Crippen LogP contribution in [-0.4, -0.2) is 26.8 Å². The first-order valence-electron chi connectivity index (χ1n) is 8.82. The van der Waals surface area contributed by atoms with Crippen molar-refractivity contribution >= 4 is 23.4 Å². The first-order valence-corrected chi connectivity index (χ1v) is 9.80. The quantitative estimate of drug-likeness (QED) is 0.448. The molecule has 0 aliphatic heterocycles. The summed E-state index contributed by atoms with van der Waals surface area (Å²) in [5, 5.41) is 6.97. The molecule has 0 saturated carbocycles. The first kappa shape index (κ1) is 19.7. The summed E-state index contributed by atoms with van der Waals surface area (Å²) in [7, 11) is 0. The molecule has 1 amide bonds. The molecule has 0 radical (unpaired) electrons. The number of aromatic nitrogens is 3. The minimum Gasteiger partial charge on any atom is -0.334 e. The van der Waals surface area contributed by atoms with Crippen molar-refractivity contribution in [3.05, 3.63) is 78.5 Å². The molecule has 1 N–H and O–H groups in total. The Kier molecular flexibility index (Phi) is 5.80. The summed E-state index contributed by atoms with van der Waals surface area (Å²) < 4.78 is 31.8. The maximum absolute atomic E-state index is 13.6. The molecule has 0 saturated heterocycles. The molecular formula is C21H14F2N4O2S. The second-order valence-electron chi connectivity index (χ2n) is 6.14. The van der Waals surface area contributed by atoms with Crippen LogP contribution >= 0.6 is 11.8 Å². The van der Waals surface area contributed by atoms with Crippen molar-refractivity contribution in [1.82, 2.24) is 15.1 Å². The zero-order valence-corrected chi connectivity index (χ0v) is 16.2. The molecule has 4 rings (SSSR count). The summed E-state index contributed by atoms with van der Waals surface area (Å²) >= 11 is 1.18. The monoisotopic (exact) mass is 424 g/mol. The molecule has 9 heteroatoms. The number of carbonyl (C=O) groups excluding carboxylic acids is 1. The van der Waals surface area contributed by atoms with Crippen LogP contribution < -0.4 is 5.32 Å². The Labute approximate surface area is 174 Å². The lowest BCUT2D eigenvalue weighted by molar-refractivity contribution is -0.113. The van der Waals surface area contributed by atoms with Crippen LogP contribution in [0, 0.1) is 11.6 Å². The highest BCUT2D eigenvalue weighted by molar-refractivity contribution is 7.99. The van der Waals surface area contributed by atoms with Crippen LogP contribution in [0.15, 0.2) is 76.4 Å². The predicted octanol–water partition coefficient (Wildman–Crippen LogP) is 4.81. The molecule has 2 heterocycles. The van der Waals surface area contributed by atoms with Gasteiger partial charge in [-0.25, -0.2) is 13.8 Å². The van der Waals surface area contributed by atoms with Crippen molar-refractivity contribution in [1.29, 1.82) is 0 Å².